The molecule has 0 aliphatic carbocycles. The van der Waals surface area contributed by atoms with Gasteiger partial charge in [0.05, 0.1) is 26.7 Å². The molecule has 158 valence electrons. The molecule has 1 amide bonds. The van der Waals surface area contributed by atoms with Crippen LogP contribution in [0.3, 0.4) is 0 Å². The van der Waals surface area contributed by atoms with Gasteiger partial charge in [0.25, 0.3) is 5.91 Å². The van der Waals surface area contributed by atoms with Crippen LogP contribution in [0.15, 0.2) is 47.5 Å². The number of hydrogen-bond donors (Lipinski definition) is 2. The molecule has 0 saturated carbocycles. The van der Waals surface area contributed by atoms with Crippen molar-refractivity contribution in [2.75, 3.05) is 23.7 Å². The van der Waals surface area contributed by atoms with Crippen LogP contribution >= 0.6 is 23.2 Å². The van der Waals surface area contributed by atoms with E-state index in [0.717, 1.165) is 24.3 Å². The lowest BCUT2D eigenvalue weighted by molar-refractivity contribution is 0.0940. The third-order valence-electron chi connectivity index (χ3n) is 5.36. The van der Waals surface area contributed by atoms with Crippen LogP contribution in [0.4, 0.5) is 11.5 Å². The topological polar surface area (TPSA) is 115 Å². The summed E-state index contributed by atoms with van der Waals surface area (Å²) < 4.78 is 7.11. The maximum absolute atomic E-state index is 12.8. The van der Waals surface area contributed by atoms with Gasteiger partial charge in [-0.15, -0.1) is 10.2 Å². The molecule has 1 aliphatic rings. The number of amides is 1. The minimum Gasteiger partial charge on any atom is -0.380 e. The maximum Gasteiger partial charge on any atom is 0.253 e. The molecular formula is C20H17Cl2N7O2. The van der Waals surface area contributed by atoms with E-state index < -0.39 is 0 Å². The zero-order valence-electron chi connectivity index (χ0n) is 16.1. The van der Waals surface area contributed by atoms with Crippen molar-refractivity contribution in [2.45, 2.75) is 12.5 Å². The Kier molecular flexibility index (Phi) is 4.91. The van der Waals surface area contributed by atoms with Gasteiger partial charge in [0.1, 0.15) is 12.7 Å². The third kappa shape index (κ3) is 3.55. The Balaban J connectivity index is 1.30. The van der Waals surface area contributed by atoms with Crippen LogP contribution in [0, 0.1) is 0 Å². The summed E-state index contributed by atoms with van der Waals surface area (Å²) in [6, 6.07) is 8.80. The summed E-state index contributed by atoms with van der Waals surface area (Å²) in [4.78, 5) is 14.9. The lowest BCUT2D eigenvalue weighted by atomic mass is 10.1. The summed E-state index contributed by atoms with van der Waals surface area (Å²) in [6.07, 6.45) is 3.90. The van der Waals surface area contributed by atoms with Crippen molar-refractivity contribution in [3.8, 4) is 5.69 Å². The zero-order valence-corrected chi connectivity index (χ0v) is 17.6. The van der Waals surface area contributed by atoms with Crippen LogP contribution in [-0.4, -0.2) is 45.0 Å². The van der Waals surface area contributed by atoms with Crippen molar-refractivity contribution in [1.82, 2.24) is 25.2 Å². The Morgan fingerprint density at radius 1 is 1.16 bits per heavy atom. The third-order valence-corrected chi connectivity index (χ3v) is 5.98. The Bertz CT molecular complexity index is 1270. The summed E-state index contributed by atoms with van der Waals surface area (Å²) in [5.74, 6) is 0.0350. The smallest absolute Gasteiger partial charge is 0.253 e. The molecule has 2 aromatic carbocycles. The molecule has 1 aliphatic heterocycles. The van der Waals surface area contributed by atoms with E-state index in [0.29, 0.717) is 33.1 Å². The highest BCUT2D eigenvalue weighted by Gasteiger charge is 2.28. The average Bonchev–Trinajstić information content (AvgIpc) is 3.50. The largest absolute Gasteiger partial charge is 0.380 e. The summed E-state index contributed by atoms with van der Waals surface area (Å²) in [6.45, 7) is 1.35. The van der Waals surface area contributed by atoms with Gasteiger partial charge in [-0.2, -0.15) is 0 Å². The molecule has 9 nitrogen and oxygen atoms in total. The van der Waals surface area contributed by atoms with Crippen molar-refractivity contribution in [1.29, 1.82) is 0 Å². The lowest BCUT2D eigenvalue weighted by Gasteiger charge is -2.19. The van der Waals surface area contributed by atoms with Gasteiger partial charge in [-0.1, -0.05) is 28.4 Å². The van der Waals surface area contributed by atoms with Gasteiger partial charge in [-0.3, -0.25) is 9.36 Å². The first-order valence-corrected chi connectivity index (χ1v) is 10.3. The van der Waals surface area contributed by atoms with Crippen LogP contribution in [0.2, 0.25) is 10.0 Å². The van der Waals surface area contributed by atoms with Gasteiger partial charge in [0, 0.05) is 24.8 Å². The van der Waals surface area contributed by atoms with Crippen molar-refractivity contribution in [2.24, 2.45) is 0 Å². The zero-order chi connectivity index (χ0) is 21.5. The van der Waals surface area contributed by atoms with Crippen LogP contribution in [0.25, 0.3) is 16.7 Å². The number of carbonyl (C=O) groups excluding carboxylic acids is 1. The average molecular weight is 458 g/mol. The van der Waals surface area contributed by atoms with Gasteiger partial charge >= 0.3 is 0 Å². The summed E-state index contributed by atoms with van der Waals surface area (Å²) in [7, 11) is 0. The number of rotatable bonds is 4. The number of nitrogens with two attached hydrogens (primary N) is 1. The molecule has 0 radical (unpaired) electrons. The Morgan fingerprint density at radius 2 is 1.97 bits per heavy atom. The second-order valence-electron chi connectivity index (χ2n) is 7.28. The fourth-order valence-electron chi connectivity index (χ4n) is 3.81. The van der Waals surface area contributed by atoms with E-state index in [9.17, 15) is 4.79 Å². The molecule has 11 heteroatoms. The highest BCUT2D eigenvalue weighted by atomic mass is 35.5. The number of nitrogens with one attached hydrogen (secondary N) is 1. The number of benzene rings is 2. The first kappa shape index (κ1) is 19.7. The summed E-state index contributed by atoms with van der Waals surface area (Å²) in [5, 5.41) is 15.9. The van der Waals surface area contributed by atoms with Crippen LogP contribution in [0.1, 0.15) is 16.8 Å². The van der Waals surface area contributed by atoms with E-state index in [1.807, 2.05) is 6.07 Å². The molecule has 2 aromatic heterocycles. The molecule has 1 atom stereocenters. The van der Waals surface area contributed by atoms with Crippen molar-refractivity contribution in [3.63, 3.8) is 0 Å². The van der Waals surface area contributed by atoms with Crippen LogP contribution < -0.4 is 16.0 Å². The van der Waals surface area contributed by atoms with Crippen LogP contribution in [0.5, 0.6) is 0 Å². The first-order valence-electron chi connectivity index (χ1n) is 9.55. The number of hydrogen-bond acceptors (Lipinski definition) is 7. The minimum atomic E-state index is -0.225. The number of nitrogen functional groups attached to an aromatic ring is 1. The molecule has 4 aromatic rings. The molecule has 31 heavy (non-hydrogen) atoms. The molecular weight excluding hydrogens is 441 g/mol. The second kappa shape index (κ2) is 7.75. The van der Waals surface area contributed by atoms with Gasteiger partial charge in [-0.25, -0.2) is 0 Å². The molecule has 0 bridgehead atoms. The summed E-state index contributed by atoms with van der Waals surface area (Å²) in [5.41, 5.74) is 8.45. The van der Waals surface area contributed by atoms with Crippen LogP contribution in [-0.2, 0) is 0 Å². The maximum atomic E-state index is 12.8. The van der Waals surface area contributed by atoms with Crippen molar-refractivity contribution >= 4 is 51.6 Å². The first-order chi connectivity index (χ1) is 15.0. The van der Waals surface area contributed by atoms with E-state index in [4.69, 9.17) is 33.5 Å². The Labute approximate surface area is 186 Å². The molecule has 5 rings (SSSR count). The van der Waals surface area contributed by atoms with Gasteiger partial charge in [0.15, 0.2) is 11.4 Å². The molecule has 1 unspecified atom stereocenters. The Morgan fingerprint density at radius 3 is 2.74 bits per heavy atom. The molecule has 0 spiro atoms. The van der Waals surface area contributed by atoms with Crippen molar-refractivity contribution in [3.05, 3.63) is 58.6 Å². The van der Waals surface area contributed by atoms with Gasteiger partial charge in [0.2, 0.25) is 0 Å². The molecule has 3 N–H and O–H groups in total. The number of halogens is 2. The van der Waals surface area contributed by atoms with E-state index in [1.165, 1.54) is 0 Å². The normalized spacial score (nSPS) is 16.2. The SMILES string of the molecule is Nc1noc2c(N3CCC(NC(=O)c4ccc(-n5cnnc5)cc4Cl)C3)ccc(Cl)c12. The molecule has 1 fully saturated rings. The second-order valence-corrected chi connectivity index (χ2v) is 8.09. The summed E-state index contributed by atoms with van der Waals surface area (Å²) >= 11 is 12.6. The van der Waals surface area contributed by atoms with E-state index in [2.05, 4.69) is 25.6 Å². The fraction of sp³-hybridized carbons (Fsp3) is 0.200. The minimum absolute atomic E-state index is 0.0490. The predicted molar refractivity (Wildman–Crippen MR) is 118 cm³/mol. The standard InChI is InChI=1S/C20H17Cl2N7O2/c21-14-3-4-16(18-17(14)19(23)27-31-18)28-6-5-11(8-28)26-20(30)13-2-1-12(7-15(13)22)29-9-24-25-10-29/h1-4,7,9-11H,5-6,8H2,(H2,23,27)(H,26,30). The number of carbonyl (C=O) groups is 1. The predicted octanol–water partition coefficient (Wildman–Crippen LogP) is 3.31. The number of anilines is 2. The van der Waals surface area contributed by atoms with Crippen molar-refractivity contribution < 1.29 is 9.32 Å². The monoisotopic (exact) mass is 457 g/mol. The molecule has 1 saturated heterocycles. The highest BCUT2D eigenvalue weighted by molar-refractivity contribution is 6.36. The number of nitrogens with zero attached hydrogens (tertiary/aromatic N) is 5. The number of fused-ring (bicyclic) bond motifs is 1. The fourth-order valence-corrected chi connectivity index (χ4v) is 4.32. The van der Waals surface area contributed by atoms with E-state index >= 15 is 0 Å². The Hall–Kier alpha value is -3.30. The van der Waals surface area contributed by atoms with E-state index in [1.54, 1.807) is 41.5 Å². The van der Waals surface area contributed by atoms with E-state index in [-0.39, 0.29) is 17.8 Å². The number of aromatic nitrogens is 4. The quantitative estimate of drug-likeness (QED) is 0.482. The van der Waals surface area contributed by atoms with Gasteiger partial charge < -0.3 is 20.5 Å². The van der Waals surface area contributed by atoms with Gasteiger partial charge in [-0.05, 0) is 36.8 Å². The highest BCUT2D eigenvalue weighted by Crippen LogP contribution is 2.36. The lowest BCUT2D eigenvalue weighted by Crippen LogP contribution is -2.37. The molecule has 3 heterocycles.